The van der Waals surface area contributed by atoms with E-state index in [1.54, 1.807) is 0 Å². The van der Waals surface area contributed by atoms with Crippen LogP contribution in [0.25, 0.3) is 0 Å². The van der Waals surface area contributed by atoms with E-state index in [2.05, 4.69) is 68.0 Å². The lowest BCUT2D eigenvalue weighted by atomic mass is 9.72. The maximum Gasteiger partial charge on any atom is -0.0231 e. The van der Waals surface area contributed by atoms with Gasteiger partial charge in [-0.1, -0.05) is 74.3 Å². The molecular formula is C28H52. The minimum absolute atomic E-state index is 0.760. The summed E-state index contributed by atoms with van der Waals surface area (Å²) in [7, 11) is 0. The molecule has 10 unspecified atom stereocenters. The van der Waals surface area contributed by atoms with Crippen LogP contribution in [0.1, 0.15) is 100 Å². The molecule has 0 saturated heterocycles. The molecule has 2 aliphatic rings. The second-order valence-corrected chi connectivity index (χ2v) is 11.5. The summed E-state index contributed by atoms with van der Waals surface area (Å²) in [4.78, 5) is 0. The molecule has 0 amide bonds. The molecular weight excluding hydrogens is 336 g/mol. The topological polar surface area (TPSA) is 0 Å². The van der Waals surface area contributed by atoms with Crippen molar-refractivity contribution in [1.29, 1.82) is 0 Å². The first-order valence-electron chi connectivity index (χ1n) is 12.9. The van der Waals surface area contributed by atoms with Crippen LogP contribution in [0.4, 0.5) is 0 Å². The van der Waals surface area contributed by atoms with Crippen LogP contribution in [0.15, 0.2) is 12.7 Å². The second-order valence-electron chi connectivity index (χ2n) is 11.5. The van der Waals surface area contributed by atoms with Gasteiger partial charge in [-0.15, -0.1) is 6.58 Å². The maximum atomic E-state index is 4.22. The summed E-state index contributed by atoms with van der Waals surface area (Å²) in [6.07, 6.45) is 12.2. The standard InChI is InChI=1S/C28H52/c1-10-23(15-24(11-2)16-26-17-27-22(9)28(26)27)13-20(7)25(12-3)14-19(6)21(8)18(4)5/h11,18-28H,2,10,12-17H2,1,3-9H3. The van der Waals surface area contributed by atoms with Crippen LogP contribution in [0, 0.1) is 65.1 Å². The molecule has 2 aliphatic carbocycles. The van der Waals surface area contributed by atoms with Crippen LogP contribution in [-0.4, -0.2) is 0 Å². The highest BCUT2D eigenvalue weighted by Crippen LogP contribution is 2.66. The van der Waals surface area contributed by atoms with E-state index >= 15 is 0 Å². The molecule has 2 rings (SSSR count). The van der Waals surface area contributed by atoms with Gasteiger partial charge in [0.15, 0.2) is 0 Å². The summed E-state index contributed by atoms with van der Waals surface area (Å²) in [6, 6.07) is 0. The quantitative estimate of drug-likeness (QED) is 0.261. The molecule has 0 aromatic heterocycles. The van der Waals surface area contributed by atoms with E-state index in [4.69, 9.17) is 0 Å². The van der Waals surface area contributed by atoms with Crippen molar-refractivity contribution in [2.45, 2.75) is 100 Å². The minimum atomic E-state index is 0.760. The van der Waals surface area contributed by atoms with E-state index in [-0.39, 0.29) is 0 Å². The lowest BCUT2D eigenvalue weighted by Crippen LogP contribution is -2.24. The SMILES string of the molecule is C=CC(CC(CC)CC(C)C(CC)CC(C)C(C)C(C)C)CC1CC2C(C)C12. The van der Waals surface area contributed by atoms with E-state index in [9.17, 15) is 0 Å². The smallest absolute Gasteiger partial charge is 0.0231 e. The molecule has 0 N–H and O–H groups in total. The van der Waals surface area contributed by atoms with E-state index in [0.29, 0.717) is 0 Å². The largest absolute Gasteiger partial charge is 0.103 e. The van der Waals surface area contributed by atoms with Gasteiger partial charge in [0.1, 0.15) is 0 Å². The summed E-state index contributed by atoms with van der Waals surface area (Å²) < 4.78 is 0. The molecule has 2 fully saturated rings. The Morgan fingerprint density at radius 3 is 2.04 bits per heavy atom. The first-order chi connectivity index (χ1) is 13.2. The molecule has 0 nitrogen and oxygen atoms in total. The van der Waals surface area contributed by atoms with Gasteiger partial charge in [-0.3, -0.25) is 0 Å². The summed E-state index contributed by atoms with van der Waals surface area (Å²) in [5.74, 6) is 10.2. The van der Waals surface area contributed by atoms with Gasteiger partial charge in [0.2, 0.25) is 0 Å². The van der Waals surface area contributed by atoms with Crippen LogP contribution in [0.5, 0.6) is 0 Å². The summed E-state index contributed by atoms with van der Waals surface area (Å²) >= 11 is 0. The predicted octanol–water partition coefficient (Wildman–Crippen LogP) is 8.87. The fourth-order valence-electron chi connectivity index (χ4n) is 6.70. The number of fused-ring (bicyclic) bond motifs is 1. The van der Waals surface area contributed by atoms with Crippen LogP contribution in [0.2, 0.25) is 0 Å². The van der Waals surface area contributed by atoms with E-state index in [0.717, 1.165) is 65.1 Å². The van der Waals surface area contributed by atoms with Gasteiger partial charge in [0.25, 0.3) is 0 Å². The van der Waals surface area contributed by atoms with Crippen molar-refractivity contribution in [3.63, 3.8) is 0 Å². The Hall–Kier alpha value is -0.260. The van der Waals surface area contributed by atoms with Gasteiger partial charge in [0, 0.05) is 0 Å². The average molecular weight is 389 g/mol. The van der Waals surface area contributed by atoms with E-state index in [1.807, 2.05) is 0 Å². The Bertz CT molecular complexity index is 459. The number of hydrogen-bond donors (Lipinski definition) is 0. The highest BCUT2D eigenvalue weighted by Gasteiger charge is 2.59. The van der Waals surface area contributed by atoms with Crippen molar-refractivity contribution < 1.29 is 0 Å². The zero-order chi connectivity index (χ0) is 21.0. The Labute approximate surface area is 178 Å². The third kappa shape index (κ3) is 5.89. The zero-order valence-corrected chi connectivity index (χ0v) is 20.6. The Morgan fingerprint density at radius 2 is 1.61 bits per heavy atom. The van der Waals surface area contributed by atoms with Crippen LogP contribution < -0.4 is 0 Å². The highest BCUT2D eigenvalue weighted by molar-refractivity contribution is 5.08. The Balaban J connectivity index is 1.82. The number of hydrogen-bond acceptors (Lipinski definition) is 0. The molecule has 0 aromatic rings. The first-order valence-corrected chi connectivity index (χ1v) is 12.9. The zero-order valence-electron chi connectivity index (χ0n) is 20.6. The van der Waals surface area contributed by atoms with Crippen molar-refractivity contribution in [3.8, 4) is 0 Å². The van der Waals surface area contributed by atoms with E-state index < -0.39 is 0 Å². The fraction of sp³-hybridized carbons (Fsp3) is 0.929. The van der Waals surface area contributed by atoms with Crippen LogP contribution >= 0.6 is 0 Å². The molecule has 0 spiro atoms. The highest BCUT2D eigenvalue weighted by atomic mass is 14.6. The Kier molecular flexibility index (Phi) is 9.15. The minimum Gasteiger partial charge on any atom is -0.103 e. The van der Waals surface area contributed by atoms with Gasteiger partial charge in [-0.05, 0) is 97.2 Å². The molecule has 0 bridgehead atoms. The molecule has 28 heavy (non-hydrogen) atoms. The third-order valence-electron chi connectivity index (χ3n) is 9.57. The fourth-order valence-corrected chi connectivity index (χ4v) is 6.70. The summed E-state index contributed by atoms with van der Waals surface area (Å²) in [5, 5.41) is 0. The number of rotatable bonds is 14. The molecule has 2 saturated carbocycles. The second kappa shape index (κ2) is 10.7. The molecule has 0 aromatic carbocycles. The van der Waals surface area contributed by atoms with Gasteiger partial charge in [-0.25, -0.2) is 0 Å². The first kappa shape index (κ1) is 24.0. The lowest BCUT2D eigenvalue weighted by Gasteiger charge is -2.33. The molecule has 0 heterocycles. The molecule has 0 aliphatic heterocycles. The van der Waals surface area contributed by atoms with Gasteiger partial charge < -0.3 is 0 Å². The molecule has 0 heteroatoms. The van der Waals surface area contributed by atoms with Gasteiger partial charge >= 0.3 is 0 Å². The van der Waals surface area contributed by atoms with Crippen molar-refractivity contribution >= 4 is 0 Å². The van der Waals surface area contributed by atoms with Crippen molar-refractivity contribution in [2.75, 3.05) is 0 Å². The van der Waals surface area contributed by atoms with Crippen molar-refractivity contribution in [3.05, 3.63) is 12.7 Å². The Morgan fingerprint density at radius 1 is 0.929 bits per heavy atom. The lowest BCUT2D eigenvalue weighted by molar-refractivity contribution is 0.177. The van der Waals surface area contributed by atoms with Gasteiger partial charge in [-0.2, -0.15) is 0 Å². The van der Waals surface area contributed by atoms with Crippen LogP contribution in [-0.2, 0) is 0 Å². The van der Waals surface area contributed by atoms with E-state index in [1.165, 1.54) is 44.9 Å². The monoisotopic (exact) mass is 388 g/mol. The van der Waals surface area contributed by atoms with Crippen LogP contribution in [0.3, 0.4) is 0 Å². The van der Waals surface area contributed by atoms with Crippen molar-refractivity contribution in [2.24, 2.45) is 65.1 Å². The average Bonchev–Trinajstić information content (AvgIpc) is 3.19. The summed E-state index contributed by atoms with van der Waals surface area (Å²) in [5.41, 5.74) is 0. The predicted molar refractivity (Wildman–Crippen MR) is 126 cm³/mol. The molecule has 164 valence electrons. The normalized spacial score (nSPS) is 32.6. The van der Waals surface area contributed by atoms with Crippen molar-refractivity contribution in [1.82, 2.24) is 0 Å². The number of allylic oxidation sites excluding steroid dienone is 1. The summed E-state index contributed by atoms with van der Waals surface area (Å²) in [6.45, 7) is 23.8. The maximum absolute atomic E-state index is 4.22. The third-order valence-corrected chi connectivity index (χ3v) is 9.57. The molecule has 10 atom stereocenters. The van der Waals surface area contributed by atoms with Gasteiger partial charge in [0.05, 0.1) is 0 Å². The molecule has 0 radical (unpaired) electrons.